The van der Waals surface area contributed by atoms with Crippen LogP contribution in [0.1, 0.15) is 49.8 Å². The third-order valence-corrected chi connectivity index (χ3v) is 5.55. The van der Waals surface area contributed by atoms with Crippen LogP contribution in [0, 0.1) is 0 Å². The minimum atomic E-state index is -0.621. The van der Waals surface area contributed by atoms with E-state index in [-0.39, 0.29) is 11.3 Å². The summed E-state index contributed by atoms with van der Waals surface area (Å²) in [4.78, 5) is 27.2. The quantitative estimate of drug-likeness (QED) is 0.269. The Labute approximate surface area is 174 Å². The number of nitrogens with zero attached hydrogens (tertiary/aromatic N) is 1. The first-order valence-electron chi connectivity index (χ1n) is 9.64. The van der Waals surface area contributed by atoms with Crippen molar-refractivity contribution in [2.24, 2.45) is 0 Å². The molecule has 1 saturated heterocycles. The first kappa shape index (κ1) is 20.3. The molecule has 1 atom stereocenters. The lowest BCUT2D eigenvalue weighted by atomic mass is 9.95. The van der Waals surface area contributed by atoms with Crippen LogP contribution in [-0.4, -0.2) is 28.2 Å². The maximum atomic E-state index is 12.9. The molecule has 2 aromatic carbocycles. The van der Waals surface area contributed by atoms with Gasteiger partial charge < -0.3 is 10.0 Å². The lowest BCUT2D eigenvalue weighted by Crippen LogP contribution is -2.30. The normalized spacial score (nSPS) is 18.6. The minimum absolute atomic E-state index is 0.122. The SMILES string of the molecule is CCCCCCN1C(=O)C(=O)C(=C(O)c2ccccc2)[C@H]1c1ccc(Br)cc1. The van der Waals surface area contributed by atoms with Crippen molar-refractivity contribution in [1.82, 2.24) is 4.90 Å². The molecule has 2 aromatic rings. The van der Waals surface area contributed by atoms with E-state index in [1.165, 1.54) is 0 Å². The molecule has 0 bridgehead atoms. The van der Waals surface area contributed by atoms with Crippen LogP contribution in [0.15, 0.2) is 64.6 Å². The van der Waals surface area contributed by atoms with E-state index in [9.17, 15) is 14.7 Å². The number of hydrogen-bond donors (Lipinski definition) is 1. The number of hydrogen-bond acceptors (Lipinski definition) is 3. The van der Waals surface area contributed by atoms with Crippen LogP contribution in [0.25, 0.3) is 5.76 Å². The van der Waals surface area contributed by atoms with Gasteiger partial charge in [0.2, 0.25) is 0 Å². The highest BCUT2D eigenvalue weighted by Crippen LogP contribution is 2.39. The van der Waals surface area contributed by atoms with Crippen molar-refractivity contribution >= 4 is 33.4 Å². The molecule has 3 rings (SSSR count). The van der Waals surface area contributed by atoms with Gasteiger partial charge >= 0.3 is 0 Å². The van der Waals surface area contributed by atoms with Crippen molar-refractivity contribution in [2.45, 2.75) is 38.6 Å². The van der Waals surface area contributed by atoms with E-state index in [0.717, 1.165) is 35.7 Å². The summed E-state index contributed by atoms with van der Waals surface area (Å²) in [5.41, 5.74) is 1.51. The van der Waals surface area contributed by atoms with E-state index in [4.69, 9.17) is 0 Å². The van der Waals surface area contributed by atoms with Crippen LogP contribution in [0.4, 0.5) is 0 Å². The van der Waals surface area contributed by atoms with E-state index < -0.39 is 17.7 Å². The van der Waals surface area contributed by atoms with Crippen LogP contribution in [0.3, 0.4) is 0 Å². The van der Waals surface area contributed by atoms with Gasteiger partial charge in [-0.1, -0.05) is 84.6 Å². The molecule has 0 aliphatic carbocycles. The number of amides is 1. The van der Waals surface area contributed by atoms with E-state index in [2.05, 4.69) is 22.9 Å². The second-order valence-electron chi connectivity index (χ2n) is 6.97. The Hall–Kier alpha value is -2.40. The van der Waals surface area contributed by atoms with Crippen LogP contribution in [0.2, 0.25) is 0 Å². The molecule has 1 heterocycles. The highest BCUT2D eigenvalue weighted by Gasteiger charge is 2.45. The summed E-state index contributed by atoms with van der Waals surface area (Å²) >= 11 is 3.42. The fourth-order valence-electron chi connectivity index (χ4n) is 3.56. The first-order chi connectivity index (χ1) is 13.5. The summed E-state index contributed by atoms with van der Waals surface area (Å²) in [7, 11) is 0. The lowest BCUT2D eigenvalue weighted by molar-refractivity contribution is -0.139. The minimum Gasteiger partial charge on any atom is -0.507 e. The smallest absolute Gasteiger partial charge is 0.295 e. The maximum Gasteiger partial charge on any atom is 0.295 e. The lowest BCUT2D eigenvalue weighted by Gasteiger charge is -2.25. The molecule has 1 N–H and O–H groups in total. The van der Waals surface area contributed by atoms with Crippen LogP contribution < -0.4 is 0 Å². The number of aliphatic hydroxyl groups excluding tert-OH is 1. The largest absolute Gasteiger partial charge is 0.507 e. The predicted molar refractivity (Wildman–Crippen MR) is 114 cm³/mol. The van der Waals surface area contributed by atoms with Crippen molar-refractivity contribution in [3.63, 3.8) is 0 Å². The third-order valence-electron chi connectivity index (χ3n) is 5.03. The molecule has 1 amide bonds. The monoisotopic (exact) mass is 441 g/mol. The molecule has 0 unspecified atom stereocenters. The fourth-order valence-corrected chi connectivity index (χ4v) is 3.83. The Morgan fingerprint density at radius 1 is 1.00 bits per heavy atom. The van der Waals surface area contributed by atoms with Crippen molar-refractivity contribution in [3.8, 4) is 0 Å². The molecule has 146 valence electrons. The molecular formula is C23H24BrNO3. The van der Waals surface area contributed by atoms with E-state index in [1.807, 2.05) is 30.3 Å². The molecule has 4 nitrogen and oxygen atoms in total. The summed E-state index contributed by atoms with van der Waals surface area (Å²) in [6, 6.07) is 15.9. The summed E-state index contributed by atoms with van der Waals surface area (Å²) in [5, 5.41) is 10.9. The number of carbonyl (C=O) groups is 2. The average Bonchev–Trinajstić information content (AvgIpc) is 2.97. The summed E-state index contributed by atoms with van der Waals surface area (Å²) in [6.07, 6.45) is 4.03. The van der Waals surface area contributed by atoms with Gasteiger partial charge in [-0.05, 0) is 24.1 Å². The Bertz CT molecular complexity index is 874. The summed E-state index contributed by atoms with van der Waals surface area (Å²) in [5.74, 6) is -1.28. The van der Waals surface area contributed by atoms with Gasteiger partial charge in [0.1, 0.15) is 5.76 Å². The van der Waals surface area contributed by atoms with E-state index >= 15 is 0 Å². The van der Waals surface area contributed by atoms with Gasteiger partial charge in [-0.25, -0.2) is 0 Å². The number of halogens is 1. The Balaban J connectivity index is 2.04. The Morgan fingerprint density at radius 2 is 1.68 bits per heavy atom. The zero-order valence-electron chi connectivity index (χ0n) is 15.9. The van der Waals surface area contributed by atoms with Crippen LogP contribution in [0.5, 0.6) is 0 Å². The second kappa shape index (κ2) is 9.20. The molecule has 0 aromatic heterocycles. The zero-order valence-corrected chi connectivity index (χ0v) is 17.5. The Kier molecular flexibility index (Phi) is 6.68. The number of ketones is 1. The highest BCUT2D eigenvalue weighted by atomic mass is 79.9. The predicted octanol–water partition coefficient (Wildman–Crippen LogP) is 5.45. The molecule has 5 heteroatoms. The van der Waals surface area contributed by atoms with Gasteiger partial charge in [-0.15, -0.1) is 0 Å². The highest BCUT2D eigenvalue weighted by molar-refractivity contribution is 9.10. The average molecular weight is 442 g/mol. The standard InChI is InChI=1S/C23H24BrNO3/c1-2-3-4-8-15-25-20(16-11-13-18(24)14-12-16)19(22(27)23(25)28)21(26)17-9-6-5-7-10-17/h5-7,9-14,20,26H,2-4,8,15H2,1H3/t20-/m1/s1. The fraction of sp³-hybridized carbons (Fsp3) is 0.304. The number of unbranched alkanes of at least 4 members (excludes halogenated alkanes) is 3. The van der Waals surface area contributed by atoms with Gasteiger partial charge in [-0.3, -0.25) is 9.59 Å². The number of rotatable bonds is 7. The number of carbonyl (C=O) groups excluding carboxylic acids is 2. The number of benzene rings is 2. The molecule has 1 aliphatic rings. The van der Waals surface area contributed by atoms with Crippen molar-refractivity contribution < 1.29 is 14.7 Å². The topological polar surface area (TPSA) is 57.6 Å². The van der Waals surface area contributed by atoms with Crippen molar-refractivity contribution in [1.29, 1.82) is 0 Å². The van der Waals surface area contributed by atoms with Crippen molar-refractivity contribution in [3.05, 3.63) is 75.8 Å². The van der Waals surface area contributed by atoms with Crippen LogP contribution >= 0.6 is 15.9 Å². The molecule has 0 spiro atoms. The maximum absolute atomic E-state index is 12.9. The summed E-state index contributed by atoms with van der Waals surface area (Å²) in [6.45, 7) is 2.63. The van der Waals surface area contributed by atoms with E-state index in [0.29, 0.717) is 12.1 Å². The molecule has 0 radical (unpaired) electrons. The van der Waals surface area contributed by atoms with Gasteiger partial charge in [0.05, 0.1) is 11.6 Å². The number of Topliss-reactive ketones (excluding diaryl/α,β-unsaturated/α-hetero) is 1. The zero-order chi connectivity index (χ0) is 20.1. The summed E-state index contributed by atoms with van der Waals surface area (Å²) < 4.78 is 0.916. The molecule has 0 saturated carbocycles. The van der Waals surface area contributed by atoms with Gasteiger partial charge in [-0.2, -0.15) is 0 Å². The van der Waals surface area contributed by atoms with Gasteiger partial charge in [0.15, 0.2) is 0 Å². The van der Waals surface area contributed by atoms with E-state index in [1.54, 1.807) is 29.2 Å². The number of likely N-dealkylation sites (tertiary alicyclic amines) is 1. The molecule has 28 heavy (non-hydrogen) atoms. The molecular weight excluding hydrogens is 418 g/mol. The molecule has 1 fully saturated rings. The van der Waals surface area contributed by atoms with Gasteiger partial charge in [0.25, 0.3) is 11.7 Å². The number of aliphatic hydroxyl groups is 1. The van der Waals surface area contributed by atoms with Gasteiger partial charge in [0, 0.05) is 16.6 Å². The van der Waals surface area contributed by atoms with Crippen LogP contribution in [-0.2, 0) is 9.59 Å². The first-order valence-corrected chi connectivity index (χ1v) is 10.4. The Morgan fingerprint density at radius 3 is 2.32 bits per heavy atom. The van der Waals surface area contributed by atoms with Crippen molar-refractivity contribution in [2.75, 3.05) is 6.54 Å². The molecule has 1 aliphatic heterocycles. The second-order valence-corrected chi connectivity index (χ2v) is 7.89. The third kappa shape index (κ3) is 4.20.